The Kier molecular flexibility index (Phi) is 5.59. The lowest BCUT2D eigenvalue weighted by Gasteiger charge is -2.17. The van der Waals surface area contributed by atoms with E-state index in [1.165, 1.54) is 5.56 Å². The van der Waals surface area contributed by atoms with Crippen molar-refractivity contribution in [2.24, 2.45) is 0 Å². The van der Waals surface area contributed by atoms with Crippen LogP contribution < -0.4 is 4.74 Å². The molecule has 2 aromatic rings. The molecule has 1 N–H and O–H groups in total. The number of ether oxygens (including phenoxy) is 1. The predicted octanol–water partition coefficient (Wildman–Crippen LogP) is 3.74. The third-order valence-electron chi connectivity index (χ3n) is 4.92. The van der Waals surface area contributed by atoms with Gasteiger partial charge in [-0.25, -0.2) is 0 Å². The topological polar surface area (TPSA) is 49.8 Å². The number of hydrogen-bond donors (Lipinski definition) is 1. The number of carbonyl (C=O) groups is 1. The van der Waals surface area contributed by atoms with Crippen molar-refractivity contribution in [3.05, 3.63) is 59.7 Å². The summed E-state index contributed by atoms with van der Waals surface area (Å²) < 4.78 is 5.20. The number of aryl methyl sites for hydroxylation is 1. The number of rotatable bonds is 6. The van der Waals surface area contributed by atoms with E-state index < -0.39 is 0 Å². The van der Waals surface area contributed by atoms with Gasteiger partial charge in [0.1, 0.15) is 11.5 Å². The maximum absolute atomic E-state index is 12.4. The molecule has 1 fully saturated rings. The normalized spacial score (nSPS) is 16.8. The van der Waals surface area contributed by atoms with Crippen molar-refractivity contribution in [1.29, 1.82) is 0 Å². The Morgan fingerprint density at radius 2 is 1.88 bits per heavy atom. The minimum atomic E-state index is 0.245. The number of amides is 1. The van der Waals surface area contributed by atoms with E-state index in [9.17, 15) is 9.90 Å². The average Bonchev–Trinajstić information content (AvgIpc) is 3.13. The SMILES string of the molecule is COc1ccc([C@@H]2CCN(C(=O)CCCc3ccc(O)cc3)C2)cc1. The highest BCUT2D eigenvalue weighted by Crippen LogP contribution is 2.29. The molecule has 0 saturated carbocycles. The highest BCUT2D eigenvalue weighted by molar-refractivity contribution is 5.76. The van der Waals surface area contributed by atoms with Crippen LogP contribution in [0.1, 0.15) is 36.3 Å². The van der Waals surface area contributed by atoms with Crippen LogP contribution in [0.2, 0.25) is 0 Å². The van der Waals surface area contributed by atoms with Crippen LogP contribution in [-0.2, 0) is 11.2 Å². The summed E-state index contributed by atoms with van der Waals surface area (Å²) in [7, 11) is 1.67. The van der Waals surface area contributed by atoms with E-state index in [4.69, 9.17) is 4.74 Å². The van der Waals surface area contributed by atoms with E-state index in [-0.39, 0.29) is 11.7 Å². The van der Waals surface area contributed by atoms with Gasteiger partial charge in [0.25, 0.3) is 0 Å². The molecule has 1 heterocycles. The van der Waals surface area contributed by atoms with Crippen molar-refractivity contribution in [3.8, 4) is 11.5 Å². The van der Waals surface area contributed by atoms with Crippen LogP contribution in [0.15, 0.2) is 48.5 Å². The van der Waals surface area contributed by atoms with Gasteiger partial charge >= 0.3 is 0 Å². The van der Waals surface area contributed by atoms with Crippen LogP contribution in [0.3, 0.4) is 0 Å². The lowest BCUT2D eigenvalue weighted by Crippen LogP contribution is -2.28. The van der Waals surface area contributed by atoms with E-state index in [0.29, 0.717) is 12.3 Å². The van der Waals surface area contributed by atoms with Gasteiger partial charge in [0, 0.05) is 25.4 Å². The quantitative estimate of drug-likeness (QED) is 0.872. The first-order valence-electron chi connectivity index (χ1n) is 8.85. The Bertz CT molecular complexity index is 694. The number of carbonyl (C=O) groups excluding carboxylic acids is 1. The minimum absolute atomic E-state index is 0.245. The second kappa shape index (κ2) is 8.06. The first-order chi connectivity index (χ1) is 12.2. The van der Waals surface area contributed by atoms with E-state index in [1.54, 1.807) is 19.2 Å². The summed E-state index contributed by atoms with van der Waals surface area (Å²) in [4.78, 5) is 14.4. The molecular formula is C21H25NO3. The van der Waals surface area contributed by atoms with Crippen molar-refractivity contribution in [1.82, 2.24) is 4.90 Å². The zero-order valence-electron chi connectivity index (χ0n) is 14.6. The maximum atomic E-state index is 12.4. The van der Waals surface area contributed by atoms with Crippen molar-refractivity contribution < 1.29 is 14.6 Å². The maximum Gasteiger partial charge on any atom is 0.222 e. The first kappa shape index (κ1) is 17.3. The fourth-order valence-corrected chi connectivity index (χ4v) is 3.40. The molecule has 2 aromatic carbocycles. The molecule has 4 heteroatoms. The summed E-state index contributed by atoms with van der Waals surface area (Å²) in [6, 6.07) is 15.4. The highest BCUT2D eigenvalue weighted by Gasteiger charge is 2.26. The molecule has 0 aromatic heterocycles. The van der Waals surface area contributed by atoms with Crippen molar-refractivity contribution in [3.63, 3.8) is 0 Å². The van der Waals surface area contributed by atoms with Crippen LogP contribution in [-0.4, -0.2) is 36.1 Å². The molecule has 1 aliphatic heterocycles. The smallest absolute Gasteiger partial charge is 0.222 e. The van der Waals surface area contributed by atoms with Crippen molar-refractivity contribution >= 4 is 5.91 Å². The third kappa shape index (κ3) is 4.53. The van der Waals surface area contributed by atoms with E-state index in [2.05, 4.69) is 12.1 Å². The summed E-state index contributed by atoms with van der Waals surface area (Å²) in [5.41, 5.74) is 2.43. The zero-order valence-corrected chi connectivity index (χ0v) is 14.6. The first-order valence-corrected chi connectivity index (χ1v) is 8.85. The summed E-state index contributed by atoms with van der Waals surface area (Å²) in [6.07, 6.45) is 3.31. The largest absolute Gasteiger partial charge is 0.508 e. The van der Waals surface area contributed by atoms with Crippen molar-refractivity contribution in [2.45, 2.75) is 31.6 Å². The number of phenolic OH excluding ortho intramolecular Hbond substituents is 1. The Hall–Kier alpha value is -2.49. The van der Waals surface area contributed by atoms with Crippen LogP contribution in [0.25, 0.3) is 0 Å². The number of nitrogens with zero attached hydrogens (tertiary/aromatic N) is 1. The summed E-state index contributed by atoms with van der Waals surface area (Å²) >= 11 is 0. The van der Waals surface area contributed by atoms with Crippen molar-refractivity contribution in [2.75, 3.05) is 20.2 Å². The number of hydrogen-bond acceptors (Lipinski definition) is 3. The van der Waals surface area contributed by atoms with E-state index >= 15 is 0 Å². The molecule has 1 saturated heterocycles. The van der Waals surface area contributed by atoms with Gasteiger partial charge < -0.3 is 14.7 Å². The standard InChI is InChI=1S/C21H25NO3/c1-25-20-11-7-17(8-12-20)18-13-14-22(15-18)21(24)4-2-3-16-5-9-19(23)10-6-16/h5-12,18,23H,2-4,13-15H2,1H3/t18-/m1/s1. The van der Waals surface area contributed by atoms with Gasteiger partial charge in [0.2, 0.25) is 5.91 Å². The van der Waals surface area contributed by atoms with E-state index in [1.807, 2.05) is 29.2 Å². The summed E-state index contributed by atoms with van der Waals surface area (Å²) in [5.74, 6) is 1.81. The lowest BCUT2D eigenvalue weighted by atomic mass is 9.98. The van der Waals surface area contributed by atoms with Gasteiger partial charge in [-0.2, -0.15) is 0 Å². The Labute approximate surface area is 149 Å². The van der Waals surface area contributed by atoms with Gasteiger partial charge in [-0.05, 0) is 54.7 Å². The Morgan fingerprint density at radius 1 is 1.16 bits per heavy atom. The monoisotopic (exact) mass is 339 g/mol. The molecule has 0 unspecified atom stereocenters. The summed E-state index contributed by atoms with van der Waals surface area (Å²) in [5, 5.41) is 9.29. The van der Waals surface area contributed by atoms with Crippen LogP contribution in [0.5, 0.6) is 11.5 Å². The molecule has 0 bridgehead atoms. The van der Waals surface area contributed by atoms with Gasteiger partial charge in [-0.1, -0.05) is 24.3 Å². The molecular weight excluding hydrogens is 314 g/mol. The van der Waals surface area contributed by atoms with Crippen LogP contribution in [0.4, 0.5) is 0 Å². The Morgan fingerprint density at radius 3 is 2.56 bits per heavy atom. The third-order valence-corrected chi connectivity index (χ3v) is 4.92. The van der Waals surface area contributed by atoms with Gasteiger partial charge in [0.15, 0.2) is 0 Å². The molecule has 1 aliphatic rings. The number of methoxy groups -OCH3 is 1. The fraction of sp³-hybridized carbons (Fsp3) is 0.381. The minimum Gasteiger partial charge on any atom is -0.508 e. The number of phenols is 1. The second-order valence-electron chi connectivity index (χ2n) is 6.62. The average molecular weight is 339 g/mol. The fourth-order valence-electron chi connectivity index (χ4n) is 3.40. The molecule has 25 heavy (non-hydrogen) atoms. The second-order valence-corrected chi connectivity index (χ2v) is 6.62. The highest BCUT2D eigenvalue weighted by atomic mass is 16.5. The predicted molar refractivity (Wildman–Crippen MR) is 98.0 cm³/mol. The molecule has 0 aliphatic carbocycles. The Balaban J connectivity index is 1.46. The molecule has 1 amide bonds. The molecule has 1 atom stereocenters. The molecule has 132 valence electrons. The molecule has 0 radical (unpaired) electrons. The van der Waals surface area contributed by atoms with Gasteiger partial charge in [-0.15, -0.1) is 0 Å². The van der Waals surface area contributed by atoms with Gasteiger partial charge in [0.05, 0.1) is 7.11 Å². The lowest BCUT2D eigenvalue weighted by molar-refractivity contribution is -0.130. The van der Waals surface area contributed by atoms with Crippen LogP contribution >= 0.6 is 0 Å². The number of likely N-dealkylation sites (tertiary alicyclic amines) is 1. The van der Waals surface area contributed by atoms with Gasteiger partial charge in [-0.3, -0.25) is 4.79 Å². The molecule has 0 spiro atoms. The number of benzene rings is 2. The number of aromatic hydroxyl groups is 1. The molecule has 4 nitrogen and oxygen atoms in total. The van der Waals surface area contributed by atoms with Crippen LogP contribution in [0, 0.1) is 0 Å². The zero-order chi connectivity index (χ0) is 17.6. The molecule has 3 rings (SSSR count). The van der Waals surface area contributed by atoms with E-state index in [0.717, 1.165) is 43.7 Å². The summed E-state index contributed by atoms with van der Waals surface area (Å²) in [6.45, 7) is 1.65.